The highest BCUT2D eigenvalue weighted by molar-refractivity contribution is 6.02. The van der Waals surface area contributed by atoms with E-state index in [1.807, 2.05) is 6.92 Å². The smallest absolute Gasteiger partial charge is 0.274 e. The highest BCUT2D eigenvalue weighted by atomic mass is 16.5. The zero-order valence-corrected chi connectivity index (χ0v) is 17.4. The summed E-state index contributed by atoms with van der Waals surface area (Å²) in [6.07, 6.45) is 9.97. The lowest BCUT2D eigenvalue weighted by Gasteiger charge is -2.56. The number of rotatable bonds is 5. The molecule has 29 heavy (non-hydrogen) atoms. The largest absolute Gasteiger partial charge is 0.378 e. The van der Waals surface area contributed by atoms with Crippen LogP contribution in [-0.4, -0.2) is 52.8 Å². The van der Waals surface area contributed by atoms with Crippen molar-refractivity contribution < 1.29 is 14.3 Å². The molecule has 5 aliphatic rings. The minimum atomic E-state index is -0.0715. The van der Waals surface area contributed by atoms with E-state index < -0.39 is 0 Å². The van der Waals surface area contributed by atoms with Gasteiger partial charge in [-0.15, -0.1) is 0 Å². The number of aromatic nitrogens is 2. The maximum absolute atomic E-state index is 13.1. The van der Waals surface area contributed by atoms with Crippen molar-refractivity contribution in [2.24, 2.45) is 23.2 Å². The fourth-order valence-electron chi connectivity index (χ4n) is 6.90. The molecule has 7 heteroatoms. The minimum absolute atomic E-state index is 0.0404. The number of morpholine rings is 1. The normalized spacial score (nSPS) is 33.1. The molecule has 158 valence electrons. The predicted octanol–water partition coefficient (Wildman–Crippen LogP) is 2.92. The summed E-state index contributed by atoms with van der Waals surface area (Å²) in [6.45, 7) is 4.82. The fraction of sp³-hybridized carbons (Fsp3) is 0.773. The fourth-order valence-corrected chi connectivity index (χ4v) is 6.90. The zero-order valence-electron chi connectivity index (χ0n) is 17.4. The Hall–Kier alpha value is -1.89. The number of nitrogens with zero attached hydrogens (tertiary/aromatic N) is 3. The second kappa shape index (κ2) is 7.42. The molecule has 0 spiro atoms. The Morgan fingerprint density at radius 1 is 1.14 bits per heavy atom. The van der Waals surface area contributed by atoms with E-state index in [9.17, 15) is 9.59 Å². The summed E-state index contributed by atoms with van der Waals surface area (Å²) in [6, 6.07) is 0. The van der Waals surface area contributed by atoms with Gasteiger partial charge in [0.1, 0.15) is 5.69 Å². The summed E-state index contributed by atoms with van der Waals surface area (Å²) in [7, 11) is 0. The van der Waals surface area contributed by atoms with Gasteiger partial charge in [0.05, 0.1) is 25.1 Å². The van der Waals surface area contributed by atoms with Crippen molar-refractivity contribution in [1.82, 2.24) is 14.7 Å². The highest BCUT2D eigenvalue weighted by Gasteiger charge is 2.51. The first-order valence-corrected chi connectivity index (χ1v) is 11.3. The van der Waals surface area contributed by atoms with Gasteiger partial charge < -0.3 is 15.0 Å². The van der Waals surface area contributed by atoms with Crippen molar-refractivity contribution in [3.05, 3.63) is 11.9 Å². The van der Waals surface area contributed by atoms with Gasteiger partial charge >= 0.3 is 0 Å². The van der Waals surface area contributed by atoms with E-state index in [-0.39, 0.29) is 17.2 Å². The van der Waals surface area contributed by atoms with E-state index in [4.69, 9.17) is 4.74 Å². The Balaban J connectivity index is 1.31. The van der Waals surface area contributed by atoms with Crippen LogP contribution in [0.15, 0.2) is 6.20 Å². The van der Waals surface area contributed by atoms with Crippen molar-refractivity contribution in [3.63, 3.8) is 0 Å². The monoisotopic (exact) mass is 400 g/mol. The Morgan fingerprint density at radius 3 is 2.34 bits per heavy atom. The summed E-state index contributed by atoms with van der Waals surface area (Å²) >= 11 is 0. The van der Waals surface area contributed by atoms with Crippen LogP contribution >= 0.6 is 0 Å². The summed E-state index contributed by atoms with van der Waals surface area (Å²) in [5, 5.41) is 7.41. The highest BCUT2D eigenvalue weighted by Crippen LogP contribution is 2.61. The van der Waals surface area contributed by atoms with E-state index in [0.29, 0.717) is 50.7 Å². The minimum Gasteiger partial charge on any atom is -0.378 e. The van der Waals surface area contributed by atoms with E-state index >= 15 is 0 Å². The SMILES string of the molecule is CCn1ncc(NC(=O)CC23CC4CC(CC(C4)C2)C3)c1C(=O)N1CCOCC1. The molecule has 1 aliphatic heterocycles. The number of carbonyl (C=O) groups excluding carboxylic acids is 2. The number of anilines is 1. The topological polar surface area (TPSA) is 76.5 Å². The van der Waals surface area contributed by atoms with Crippen LogP contribution in [0.5, 0.6) is 0 Å². The Morgan fingerprint density at radius 2 is 1.76 bits per heavy atom. The molecule has 0 radical (unpaired) electrons. The standard InChI is InChI=1S/C22H32N4O3/c1-2-26-20(21(28)25-3-5-29-6-4-25)18(14-23-26)24-19(27)13-22-10-15-7-16(11-22)9-17(8-15)12-22/h14-17H,2-13H2,1H3,(H,24,27). The molecule has 1 saturated heterocycles. The van der Waals surface area contributed by atoms with E-state index in [1.54, 1.807) is 15.8 Å². The molecular weight excluding hydrogens is 368 g/mol. The molecule has 0 unspecified atom stereocenters. The van der Waals surface area contributed by atoms with Crippen LogP contribution in [0.25, 0.3) is 0 Å². The number of amides is 2. The van der Waals surface area contributed by atoms with Crippen molar-refractivity contribution in [2.75, 3.05) is 31.6 Å². The Kier molecular flexibility index (Phi) is 4.88. The first-order valence-electron chi connectivity index (χ1n) is 11.3. The molecule has 2 amide bonds. The van der Waals surface area contributed by atoms with Gasteiger partial charge in [0.25, 0.3) is 5.91 Å². The Bertz CT molecular complexity index is 761. The second-order valence-corrected chi connectivity index (χ2v) is 9.77. The van der Waals surface area contributed by atoms with Gasteiger partial charge in [-0.1, -0.05) is 0 Å². The second-order valence-electron chi connectivity index (χ2n) is 9.77. The molecule has 2 heterocycles. The zero-order chi connectivity index (χ0) is 20.0. The quantitative estimate of drug-likeness (QED) is 0.825. The number of aryl methyl sites for hydroxylation is 1. The van der Waals surface area contributed by atoms with Crippen LogP contribution in [0.1, 0.15) is 62.4 Å². The number of ether oxygens (including phenoxy) is 1. The lowest BCUT2D eigenvalue weighted by atomic mass is 9.49. The number of hydrogen-bond acceptors (Lipinski definition) is 4. The van der Waals surface area contributed by atoms with E-state index in [2.05, 4.69) is 10.4 Å². The number of carbonyl (C=O) groups is 2. The lowest BCUT2D eigenvalue weighted by Crippen LogP contribution is -2.47. The summed E-state index contributed by atoms with van der Waals surface area (Å²) in [5.41, 5.74) is 1.24. The van der Waals surface area contributed by atoms with Gasteiger partial charge in [0.2, 0.25) is 5.91 Å². The molecule has 1 aromatic heterocycles. The van der Waals surface area contributed by atoms with Crippen molar-refractivity contribution in [2.45, 2.75) is 58.4 Å². The Labute approximate surface area is 172 Å². The average molecular weight is 401 g/mol. The van der Waals surface area contributed by atoms with Crippen LogP contribution < -0.4 is 5.32 Å². The summed E-state index contributed by atoms with van der Waals surface area (Å²) in [5.74, 6) is 2.46. The van der Waals surface area contributed by atoms with Crippen molar-refractivity contribution >= 4 is 17.5 Å². The summed E-state index contributed by atoms with van der Waals surface area (Å²) < 4.78 is 7.06. The third kappa shape index (κ3) is 3.58. The first-order chi connectivity index (χ1) is 14.0. The molecule has 7 nitrogen and oxygen atoms in total. The first kappa shape index (κ1) is 19.1. The third-order valence-corrected chi connectivity index (χ3v) is 7.61. The van der Waals surface area contributed by atoms with Crippen molar-refractivity contribution in [3.8, 4) is 0 Å². The maximum atomic E-state index is 13.1. The van der Waals surface area contributed by atoms with Gasteiger partial charge in [-0.3, -0.25) is 14.3 Å². The van der Waals surface area contributed by atoms with Gasteiger partial charge in [0.15, 0.2) is 0 Å². The molecule has 6 rings (SSSR count). The lowest BCUT2D eigenvalue weighted by molar-refractivity contribution is -0.124. The van der Waals surface area contributed by atoms with Crippen molar-refractivity contribution in [1.29, 1.82) is 0 Å². The summed E-state index contributed by atoms with van der Waals surface area (Å²) in [4.78, 5) is 28.0. The molecule has 4 bridgehead atoms. The number of nitrogens with one attached hydrogen (secondary N) is 1. The van der Waals surface area contributed by atoms with E-state index in [0.717, 1.165) is 17.8 Å². The van der Waals surface area contributed by atoms with E-state index in [1.165, 1.54) is 38.5 Å². The molecule has 1 N–H and O–H groups in total. The van der Waals surface area contributed by atoms with Crippen LogP contribution in [0.4, 0.5) is 5.69 Å². The van der Waals surface area contributed by atoms with Gasteiger partial charge in [0, 0.05) is 26.1 Å². The molecule has 0 atom stereocenters. The van der Waals surface area contributed by atoms with Gasteiger partial charge in [-0.2, -0.15) is 5.10 Å². The predicted molar refractivity (Wildman–Crippen MR) is 108 cm³/mol. The molecular formula is C22H32N4O3. The van der Waals surface area contributed by atoms with Crippen LogP contribution in [0.2, 0.25) is 0 Å². The van der Waals surface area contributed by atoms with Crippen LogP contribution in [0, 0.1) is 23.2 Å². The maximum Gasteiger partial charge on any atom is 0.274 e. The number of hydrogen-bond donors (Lipinski definition) is 1. The molecule has 0 aromatic carbocycles. The van der Waals surface area contributed by atoms with Gasteiger partial charge in [-0.05, 0) is 68.6 Å². The molecule has 5 fully saturated rings. The average Bonchev–Trinajstić information content (AvgIpc) is 3.08. The van der Waals surface area contributed by atoms with Crippen LogP contribution in [0.3, 0.4) is 0 Å². The third-order valence-electron chi connectivity index (χ3n) is 7.61. The molecule has 1 aromatic rings. The molecule has 4 saturated carbocycles. The van der Waals surface area contributed by atoms with Gasteiger partial charge in [-0.25, -0.2) is 0 Å². The van der Waals surface area contributed by atoms with Crippen LogP contribution in [-0.2, 0) is 16.1 Å². The molecule has 4 aliphatic carbocycles.